The number of pyridine rings is 1. The van der Waals surface area contributed by atoms with Crippen molar-refractivity contribution in [1.82, 2.24) is 4.98 Å². The molecule has 1 rings (SSSR count). The van der Waals surface area contributed by atoms with Crippen molar-refractivity contribution in [1.29, 1.82) is 0 Å². The van der Waals surface area contributed by atoms with E-state index in [2.05, 4.69) is 43.8 Å². The molecule has 0 bridgehead atoms. The number of aromatic nitrogens is 1. The van der Waals surface area contributed by atoms with Crippen molar-refractivity contribution >= 4 is 5.69 Å². The first-order valence-corrected chi connectivity index (χ1v) is 4.15. The highest BCUT2D eigenvalue weighted by Crippen LogP contribution is 2.19. The van der Waals surface area contributed by atoms with Crippen molar-refractivity contribution in [3.63, 3.8) is 0 Å². The Morgan fingerprint density at radius 1 is 1.33 bits per heavy atom. The second-order valence-electron chi connectivity index (χ2n) is 3.94. The largest absolute Gasteiger partial charge is 0.369 e. The van der Waals surface area contributed by atoms with Gasteiger partial charge in [-0.25, -0.2) is 0 Å². The van der Waals surface area contributed by atoms with Gasteiger partial charge in [0, 0.05) is 18.8 Å². The van der Waals surface area contributed by atoms with Crippen molar-refractivity contribution in [2.45, 2.75) is 26.3 Å². The van der Waals surface area contributed by atoms with Crippen LogP contribution < -0.4 is 4.90 Å². The minimum Gasteiger partial charge on any atom is -0.369 e. The Labute approximate surface area is 74.2 Å². The zero-order chi connectivity index (χ0) is 9.19. The van der Waals surface area contributed by atoms with Crippen molar-refractivity contribution in [2.75, 3.05) is 11.9 Å². The molecule has 1 heterocycles. The lowest BCUT2D eigenvalue weighted by Gasteiger charge is -2.33. The van der Waals surface area contributed by atoms with Gasteiger partial charge in [0.2, 0.25) is 0 Å². The fourth-order valence-corrected chi connectivity index (χ4v) is 0.939. The third-order valence-electron chi connectivity index (χ3n) is 2.04. The Balaban J connectivity index is 2.86. The molecule has 2 nitrogen and oxygen atoms in total. The molecule has 0 N–H and O–H groups in total. The van der Waals surface area contributed by atoms with Gasteiger partial charge >= 0.3 is 0 Å². The van der Waals surface area contributed by atoms with Crippen LogP contribution in [0.5, 0.6) is 0 Å². The van der Waals surface area contributed by atoms with Crippen LogP contribution in [0.3, 0.4) is 0 Å². The van der Waals surface area contributed by atoms with Gasteiger partial charge < -0.3 is 4.90 Å². The van der Waals surface area contributed by atoms with E-state index in [1.54, 1.807) is 6.20 Å². The molecule has 0 fully saturated rings. The molecule has 0 aromatic carbocycles. The first-order valence-electron chi connectivity index (χ1n) is 4.15. The van der Waals surface area contributed by atoms with E-state index in [0.29, 0.717) is 0 Å². The van der Waals surface area contributed by atoms with Gasteiger partial charge in [-0.3, -0.25) is 4.98 Å². The number of hydrogen-bond acceptors (Lipinski definition) is 2. The topological polar surface area (TPSA) is 16.1 Å². The minimum atomic E-state index is 0.156. The maximum atomic E-state index is 4.08. The van der Waals surface area contributed by atoms with Crippen LogP contribution in [0, 0.1) is 0 Å². The lowest BCUT2D eigenvalue weighted by atomic mass is 10.1. The predicted octanol–water partition coefficient (Wildman–Crippen LogP) is 2.32. The van der Waals surface area contributed by atoms with Gasteiger partial charge in [-0.2, -0.15) is 0 Å². The summed E-state index contributed by atoms with van der Waals surface area (Å²) in [7, 11) is 2.08. The van der Waals surface area contributed by atoms with Crippen LogP contribution in [0.1, 0.15) is 20.8 Å². The van der Waals surface area contributed by atoms with Crippen LogP contribution in [-0.2, 0) is 0 Å². The van der Waals surface area contributed by atoms with Gasteiger partial charge in [-0.15, -0.1) is 0 Å². The molecule has 0 atom stereocenters. The molecule has 1 aromatic rings. The minimum absolute atomic E-state index is 0.156. The highest BCUT2D eigenvalue weighted by Gasteiger charge is 2.16. The van der Waals surface area contributed by atoms with Gasteiger partial charge in [0.25, 0.3) is 0 Å². The molecular formula is C10H16N2. The molecule has 0 aliphatic rings. The van der Waals surface area contributed by atoms with Crippen LogP contribution in [0.4, 0.5) is 5.69 Å². The summed E-state index contributed by atoms with van der Waals surface area (Å²) in [5.74, 6) is 0. The van der Waals surface area contributed by atoms with Crippen molar-refractivity contribution in [2.24, 2.45) is 0 Å². The van der Waals surface area contributed by atoms with Gasteiger partial charge in [-0.1, -0.05) is 0 Å². The SMILES string of the molecule is CN(c1cccnc1)C(C)(C)C. The Kier molecular flexibility index (Phi) is 2.36. The summed E-state index contributed by atoms with van der Waals surface area (Å²) >= 11 is 0. The van der Waals surface area contributed by atoms with Gasteiger partial charge in [0.05, 0.1) is 11.9 Å². The highest BCUT2D eigenvalue weighted by molar-refractivity contribution is 5.44. The maximum absolute atomic E-state index is 4.08. The first kappa shape index (κ1) is 9.04. The number of nitrogens with zero attached hydrogens (tertiary/aromatic N) is 2. The van der Waals surface area contributed by atoms with Crippen molar-refractivity contribution in [3.05, 3.63) is 24.5 Å². The highest BCUT2D eigenvalue weighted by atomic mass is 15.2. The van der Waals surface area contributed by atoms with Crippen LogP contribution >= 0.6 is 0 Å². The van der Waals surface area contributed by atoms with E-state index in [-0.39, 0.29) is 5.54 Å². The average molecular weight is 164 g/mol. The fraction of sp³-hybridized carbons (Fsp3) is 0.500. The lowest BCUT2D eigenvalue weighted by Crippen LogP contribution is -2.37. The molecule has 0 amide bonds. The molecule has 0 spiro atoms. The number of hydrogen-bond donors (Lipinski definition) is 0. The molecule has 0 aliphatic carbocycles. The van der Waals surface area contributed by atoms with Crippen molar-refractivity contribution < 1.29 is 0 Å². The number of anilines is 1. The Hall–Kier alpha value is -1.05. The van der Waals surface area contributed by atoms with E-state index in [1.807, 2.05) is 12.3 Å². The predicted molar refractivity (Wildman–Crippen MR) is 52.4 cm³/mol. The van der Waals surface area contributed by atoms with Crippen LogP contribution in [0.25, 0.3) is 0 Å². The first-order chi connectivity index (χ1) is 5.52. The molecule has 1 aromatic heterocycles. The standard InChI is InChI=1S/C10H16N2/c1-10(2,3)12(4)9-6-5-7-11-8-9/h5-8H,1-4H3. The summed E-state index contributed by atoms with van der Waals surface area (Å²) in [5, 5.41) is 0. The van der Waals surface area contributed by atoms with Crippen LogP contribution in [0.15, 0.2) is 24.5 Å². The Bertz CT molecular complexity index is 236. The molecular weight excluding hydrogens is 148 g/mol. The Morgan fingerprint density at radius 3 is 2.42 bits per heavy atom. The molecule has 2 heteroatoms. The van der Waals surface area contributed by atoms with Gasteiger partial charge in [0.1, 0.15) is 0 Å². The summed E-state index contributed by atoms with van der Waals surface area (Å²) in [4.78, 5) is 6.29. The maximum Gasteiger partial charge on any atom is 0.0554 e. The monoisotopic (exact) mass is 164 g/mol. The molecule has 0 unspecified atom stereocenters. The van der Waals surface area contributed by atoms with Crippen LogP contribution in [0.2, 0.25) is 0 Å². The molecule has 0 saturated heterocycles. The second kappa shape index (κ2) is 3.13. The average Bonchev–Trinajstić information content (AvgIpc) is 2.03. The molecule has 0 aliphatic heterocycles. The van der Waals surface area contributed by atoms with E-state index in [1.165, 1.54) is 0 Å². The summed E-state index contributed by atoms with van der Waals surface area (Å²) in [6.07, 6.45) is 3.67. The Morgan fingerprint density at radius 2 is 2.00 bits per heavy atom. The van der Waals surface area contributed by atoms with Gasteiger partial charge in [0.15, 0.2) is 0 Å². The third kappa shape index (κ3) is 1.97. The zero-order valence-electron chi connectivity index (χ0n) is 8.20. The smallest absolute Gasteiger partial charge is 0.0554 e. The summed E-state index contributed by atoms with van der Waals surface area (Å²) in [6.45, 7) is 6.54. The summed E-state index contributed by atoms with van der Waals surface area (Å²) in [5.41, 5.74) is 1.31. The van der Waals surface area contributed by atoms with E-state index in [4.69, 9.17) is 0 Å². The normalized spacial score (nSPS) is 11.3. The van der Waals surface area contributed by atoms with Crippen LogP contribution in [-0.4, -0.2) is 17.6 Å². The fourth-order valence-electron chi connectivity index (χ4n) is 0.939. The second-order valence-corrected chi connectivity index (χ2v) is 3.94. The zero-order valence-corrected chi connectivity index (χ0v) is 8.20. The lowest BCUT2D eigenvalue weighted by molar-refractivity contribution is 0.538. The molecule has 0 saturated carbocycles. The summed E-state index contributed by atoms with van der Waals surface area (Å²) in [6, 6.07) is 4.02. The third-order valence-corrected chi connectivity index (χ3v) is 2.04. The molecule has 0 radical (unpaired) electrons. The summed E-state index contributed by atoms with van der Waals surface area (Å²) < 4.78 is 0. The van der Waals surface area contributed by atoms with E-state index >= 15 is 0 Å². The van der Waals surface area contributed by atoms with E-state index in [0.717, 1.165) is 5.69 Å². The van der Waals surface area contributed by atoms with Gasteiger partial charge in [-0.05, 0) is 32.9 Å². The number of rotatable bonds is 1. The molecule has 12 heavy (non-hydrogen) atoms. The molecule has 66 valence electrons. The van der Waals surface area contributed by atoms with Crippen molar-refractivity contribution in [3.8, 4) is 0 Å². The quantitative estimate of drug-likeness (QED) is 0.633. The van der Waals surface area contributed by atoms with E-state index < -0.39 is 0 Å². The van der Waals surface area contributed by atoms with E-state index in [9.17, 15) is 0 Å².